The van der Waals surface area contributed by atoms with E-state index in [4.69, 9.17) is 33.2 Å². The van der Waals surface area contributed by atoms with Crippen LogP contribution in [0.25, 0.3) is 11.3 Å². The highest BCUT2D eigenvalue weighted by Gasteiger charge is 2.26. The fraction of sp³-hybridized carbons (Fsp3) is 0.125. The number of halogens is 3. The summed E-state index contributed by atoms with van der Waals surface area (Å²) in [7, 11) is 0. The Labute approximate surface area is 189 Å². The van der Waals surface area contributed by atoms with Gasteiger partial charge in [-0.15, -0.1) is 0 Å². The maximum absolute atomic E-state index is 14.7. The van der Waals surface area contributed by atoms with Crippen molar-refractivity contribution < 1.29 is 4.39 Å². The van der Waals surface area contributed by atoms with Gasteiger partial charge < -0.3 is 5.32 Å². The summed E-state index contributed by atoms with van der Waals surface area (Å²) in [4.78, 5) is 13.9. The molecular formula is C24H17Cl2FN4. The lowest BCUT2D eigenvalue weighted by Gasteiger charge is -2.18. The Hall–Kier alpha value is -3.02. The van der Waals surface area contributed by atoms with E-state index in [0.717, 1.165) is 22.4 Å². The summed E-state index contributed by atoms with van der Waals surface area (Å²) < 4.78 is 14.7. The maximum atomic E-state index is 14.7. The number of alkyl halides is 1. The maximum Gasteiger partial charge on any atom is 0.227 e. The number of nitrogens with zero attached hydrogens (tertiary/aromatic N) is 3. The molecule has 3 aromatic rings. The van der Waals surface area contributed by atoms with E-state index in [1.54, 1.807) is 24.4 Å². The molecule has 154 valence electrons. The lowest BCUT2D eigenvalue weighted by Crippen LogP contribution is -2.17. The number of para-hydroxylation sites is 1. The first-order valence-corrected chi connectivity index (χ1v) is 10.6. The van der Waals surface area contributed by atoms with Gasteiger partial charge in [0, 0.05) is 39.9 Å². The van der Waals surface area contributed by atoms with Gasteiger partial charge in [-0.3, -0.25) is 4.99 Å². The van der Waals surface area contributed by atoms with Crippen LogP contribution in [0, 0.1) is 0 Å². The predicted octanol–water partition coefficient (Wildman–Crippen LogP) is 6.72. The molecule has 1 aromatic heterocycles. The summed E-state index contributed by atoms with van der Waals surface area (Å²) in [6.07, 6.45) is 6.43. The number of nitrogens with one attached hydrogen (secondary N) is 1. The molecule has 31 heavy (non-hydrogen) atoms. The lowest BCUT2D eigenvalue weighted by atomic mass is 9.90. The minimum Gasteiger partial charge on any atom is -0.323 e. The molecule has 0 saturated heterocycles. The number of aliphatic imine (C=N–C) groups is 1. The Morgan fingerprint density at radius 2 is 1.94 bits per heavy atom. The van der Waals surface area contributed by atoms with Crippen molar-refractivity contribution >= 4 is 40.5 Å². The highest BCUT2D eigenvalue weighted by molar-refractivity contribution is 6.33. The normalized spacial score (nSPS) is 17.2. The second-order valence-electron chi connectivity index (χ2n) is 7.28. The quantitative estimate of drug-likeness (QED) is 0.481. The Balaban J connectivity index is 1.62. The van der Waals surface area contributed by atoms with Crippen molar-refractivity contribution in [3.05, 3.63) is 93.6 Å². The Kier molecular flexibility index (Phi) is 5.30. The van der Waals surface area contributed by atoms with Gasteiger partial charge in [-0.1, -0.05) is 59.6 Å². The van der Waals surface area contributed by atoms with Crippen molar-refractivity contribution in [2.75, 3.05) is 5.32 Å². The Bertz CT molecular complexity index is 1270. The van der Waals surface area contributed by atoms with Crippen LogP contribution in [0.2, 0.25) is 10.0 Å². The van der Waals surface area contributed by atoms with Gasteiger partial charge in [-0.2, -0.15) is 0 Å². The first-order chi connectivity index (χ1) is 15.1. The number of fused-ring (bicyclic) bond motifs is 3. The topological polar surface area (TPSA) is 50.2 Å². The van der Waals surface area contributed by atoms with E-state index >= 15 is 0 Å². The fourth-order valence-electron chi connectivity index (χ4n) is 3.74. The molecule has 0 bridgehead atoms. The van der Waals surface area contributed by atoms with Crippen LogP contribution in [0.5, 0.6) is 0 Å². The minimum absolute atomic E-state index is 0.333. The molecule has 1 aliphatic heterocycles. The molecule has 2 aromatic carbocycles. The first kappa shape index (κ1) is 19.9. The van der Waals surface area contributed by atoms with Crippen molar-refractivity contribution in [2.24, 2.45) is 4.99 Å². The van der Waals surface area contributed by atoms with Crippen LogP contribution >= 0.6 is 23.2 Å². The molecule has 0 fully saturated rings. The van der Waals surface area contributed by atoms with Gasteiger partial charge in [-0.25, -0.2) is 14.4 Å². The van der Waals surface area contributed by atoms with E-state index in [1.807, 2.05) is 42.5 Å². The van der Waals surface area contributed by atoms with Crippen LogP contribution in [-0.4, -0.2) is 21.9 Å². The van der Waals surface area contributed by atoms with Gasteiger partial charge in [0.1, 0.15) is 6.17 Å². The van der Waals surface area contributed by atoms with E-state index in [-0.39, 0.29) is 0 Å². The molecule has 2 heterocycles. The molecule has 0 saturated carbocycles. The molecule has 7 heteroatoms. The summed E-state index contributed by atoms with van der Waals surface area (Å²) in [6.45, 7) is 0.344. The molecule has 5 rings (SSSR count). The number of anilines is 2. The van der Waals surface area contributed by atoms with Crippen molar-refractivity contribution in [2.45, 2.75) is 19.1 Å². The molecule has 0 radical (unpaired) electrons. The zero-order valence-electron chi connectivity index (χ0n) is 16.3. The fourth-order valence-corrected chi connectivity index (χ4v) is 4.10. The summed E-state index contributed by atoms with van der Waals surface area (Å²) in [5.74, 6) is 0.416. The highest BCUT2D eigenvalue weighted by atomic mass is 35.5. The predicted molar refractivity (Wildman–Crippen MR) is 124 cm³/mol. The third-order valence-electron chi connectivity index (χ3n) is 5.25. The molecule has 1 N–H and O–H groups in total. The number of hydrogen-bond acceptors (Lipinski definition) is 4. The van der Waals surface area contributed by atoms with Gasteiger partial charge in [0.15, 0.2) is 0 Å². The zero-order valence-corrected chi connectivity index (χ0v) is 17.8. The van der Waals surface area contributed by atoms with Gasteiger partial charge in [0.05, 0.1) is 28.7 Å². The monoisotopic (exact) mass is 450 g/mol. The molecule has 1 unspecified atom stereocenters. The number of rotatable bonds is 3. The zero-order chi connectivity index (χ0) is 21.4. The van der Waals surface area contributed by atoms with Gasteiger partial charge >= 0.3 is 0 Å². The number of allylic oxidation sites excluding steroid dienone is 4. The second-order valence-corrected chi connectivity index (χ2v) is 8.12. The van der Waals surface area contributed by atoms with Gasteiger partial charge in [0.2, 0.25) is 5.95 Å². The van der Waals surface area contributed by atoms with E-state index in [1.165, 1.54) is 0 Å². The molecular weight excluding hydrogens is 434 g/mol. The summed E-state index contributed by atoms with van der Waals surface area (Å²) in [5.41, 5.74) is 5.06. The van der Waals surface area contributed by atoms with Crippen LogP contribution in [0.4, 0.5) is 16.0 Å². The van der Waals surface area contributed by atoms with Crippen LogP contribution in [0.3, 0.4) is 0 Å². The molecule has 0 spiro atoms. The summed E-state index contributed by atoms with van der Waals surface area (Å²) in [5, 5.41) is 4.30. The molecule has 1 aliphatic carbocycles. The van der Waals surface area contributed by atoms with Crippen molar-refractivity contribution in [1.82, 2.24) is 9.97 Å². The molecule has 0 amide bonds. The molecule has 1 atom stereocenters. The van der Waals surface area contributed by atoms with Crippen LogP contribution in [-0.2, 0) is 6.54 Å². The van der Waals surface area contributed by atoms with E-state index < -0.39 is 6.17 Å². The number of benzene rings is 2. The molecule has 4 nitrogen and oxygen atoms in total. The van der Waals surface area contributed by atoms with Crippen LogP contribution in [0.15, 0.2) is 77.5 Å². The Morgan fingerprint density at radius 1 is 1.06 bits per heavy atom. The SMILES string of the molecule is FC1CC=CC=C1C1=NCc2cnc(Nc3ccccc3Cl)nc2-c2ccc(Cl)cc21. The van der Waals surface area contributed by atoms with Gasteiger partial charge in [0.25, 0.3) is 0 Å². The van der Waals surface area contributed by atoms with Crippen LogP contribution < -0.4 is 5.32 Å². The summed E-state index contributed by atoms with van der Waals surface area (Å²) >= 11 is 12.6. The standard InChI is InChI=1S/C24H17Cl2FN4/c25-15-9-10-16-18(11-15)23(17-5-1-3-7-20(17)27)28-12-14-13-29-24(31-22(14)16)30-21-8-4-2-6-19(21)26/h1-6,8-11,13,20H,7,12H2,(H,29,30,31). The summed E-state index contributed by atoms with van der Waals surface area (Å²) in [6, 6.07) is 12.9. The van der Waals surface area contributed by atoms with E-state index in [0.29, 0.717) is 45.9 Å². The largest absolute Gasteiger partial charge is 0.323 e. The molecule has 2 aliphatic rings. The number of aromatic nitrogens is 2. The minimum atomic E-state index is -1.11. The van der Waals surface area contributed by atoms with Crippen molar-refractivity contribution in [3.63, 3.8) is 0 Å². The van der Waals surface area contributed by atoms with E-state index in [2.05, 4.69) is 10.3 Å². The second kappa shape index (κ2) is 8.25. The third-order valence-corrected chi connectivity index (χ3v) is 5.81. The van der Waals surface area contributed by atoms with Gasteiger partial charge in [-0.05, 0) is 24.3 Å². The van der Waals surface area contributed by atoms with Crippen LogP contribution in [0.1, 0.15) is 17.5 Å². The first-order valence-electron chi connectivity index (χ1n) is 9.83. The van der Waals surface area contributed by atoms with Crippen molar-refractivity contribution in [3.8, 4) is 11.3 Å². The third kappa shape index (κ3) is 3.87. The Morgan fingerprint density at radius 3 is 2.77 bits per heavy atom. The van der Waals surface area contributed by atoms with Crippen molar-refractivity contribution in [1.29, 1.82) is 0 Å². The van der Waals surface area contributed by atoms with E-state index in [9.17, 15) is 4.39 Å². The lowest BCUT2D eigenvalue weighted by molar-refractivity contribution is 0.392. The smallest absolute Gasteiger partial charge is 0.227 e. The number of hydrogen-bond donors (Lipinski definition) is 1. The average molecular weight is 451 g/mol. The average Bonchev–Trinajstić information content (AvgIpc) is 2.92. The highest BCUT2D eigenvalue weighted by Crippen LogP contribution is 2.35.